The minimum absolute atomic E-state index is 0.0376. The van der Waals surface area contributed by atoms with E-state index in [1.54, 1.807) is 15.8 Å². The van der Waals surface area contributed by atoms with Gasteiger partial charge in [0.25, 0.3) is 0 Å². The van der Waals surface area contributed by atoms with Gasteiger partial charge in [0.15, 0.2) is 0 Å². The summed E-state index contributed by atoms with van der Waals surface area (Å²) in [5.41, 5.74) is 0.352. The van der Waals surface area contributed by atoms with E-state index in [0.717, 1.165) is 24.9 Å². The largest absolute Gasteiger partial charge is 0.341 e. The van der Waals surface area contributed by atoms with Gasteiger partial charge in [-0.3, -0.25) is 14.3 Å². The second-order valence-electron chi connectivity index (χ2n) is 7.49. The first-order valence-corrected chi connectivity index (χ1v) is 8.72. The molecular formula is C17H23FN4O2. The molecule has 3 heterocycles. The van der Waals surface area contributed by atoms with Crippen LogP contribution < -0.4 is 4.90 Å². The van der Waals surface area contributed by atoms with Gasteiger partial charge in [-0.2, -0.15) is 5.10 Å². The highest BCUT2D eigenvalue weighted by Crippen LogP contribution is 2.43. The normalized spacial score (nSPS) is 33.2. The summed E-state index contributed by atoms with van der Waals surface area (Å²) < 4.78 is 14.7. The molecule has 3 fully saturated rings. The van der Waals surface area contributed by atoms with E-state index in [9.17, 15) is 14.0 Å². The summed E-state index contributed by atoms with van der Waals surface area (Å²) in [5.74, 6) is -0.0401. The first-order chi connectivity index (χ1) is 11.5. The van der Waals surface area contributed by atoms with E-state index in [2.05, 4.69) is 5.10 Å². The topological polar surface area (TPSA) is 58.4 Å². The van der Waals surface area contributed by atoms with Crippen molar-refractivity contribution in [3.05, 3.63) is 12.4 Å². The van der Waals surface area contributed by atoms with Gasteiger partial charge < -0.3 is 9.80 Å². The number of rotatable bonds is 2. The molecule has 0 radical (unpaired) electrons. The molecule has 4 rings (SSSR count). The number of anilines is 1. The highest BCUT2D eigenvalue weighted by molar-refractivity contribution is 6.00. The zero-order valence-electron chi connectivity index (χ0n) is 13.9. The summed E-state index contributed by atoms with van der Waals surface area (Å²) in [5, 5.41) is 4.14. The van der Waals surface area contributed by atoms with Crippen molar-refractivity contribution in [2.24, 2.45) is 18.4 Å². The molecule has 130 valence electrons. The standard InChI is InChI=1S/C17H23FN4O2/c1-20-10-14(9-19-20)22-6-4-17(16(22)24)3-2-5-21(11-17)15(23)12-7-13(18)8-12/h9-10,12-13H,2-8,11H2,1H3. The number of carbonyl (C=O) groups excluding carboxylic acids is 2. The number of likely N-dealkylation sites (tertiary alicyclic amines) is 1. The third-order valence-corrected chi connectivity index (χ3v) is 5.83. The van der Waals surface area contributed by atoms with E-state index >= 15 is 0 Å². The number of hydrogen-bond donors (Lipinski definition) is 0. The molecule has 0 aromatic carbocycles. The smallest absolute Gasteiger partial charge is 0.235 e. The number of hydrogen-bond acceptors (Lipinski definition) is 3. The lowest BCUT2D eigenvalue weighted by Gasteiger charge is -2.42. The zero-order chi connectivity index (χ0) is 16.9. The van der Waals surface area contributed by atoms with Gasteiger partial charge in [-0.1, -0.05) is 0 Å². The maximum atomic E-state index is 13.1. The third-order valence-electron chi connectivity index (χ3n) is 5.83. The molecule has 2 aliphatic heterocycles. The van der Waals surface area contributed by atoms with Crippen LogP contribution in [0.2, 0.25) is 0 Å². The van der Waals surface area contributed by atoms with Crippen LogP contribution in [0.25, 0.3) is 0 Å². The lowest BCUT2D eigenvalue weighted by molar-refractivity contribution is -0.146. The molecule has 1 saturated carbocycles. The van der Waals surface area contributed by atoms with Crippen molar-refractivity contribution in [3.8, 4) is 0 Å². The molecule has 1 spiro atoms. The van der Waals surface area contributed by atoms with Crippen LogP contribution >= 0.6 is 0 Å². The fourth-order valence-electron chi connectivity index (χ4n) is 4.32. The van der Waals surface area contributed by atoms with Crippen LogP contribution in [0.5, 0.6) is 0 Å². The Labute approximate surface area is 140 Å². The van der Waals surface area contributed by atoms with Crippen LogP contribution in [0.4, 0.5) is 10.1 Å². The number of carbonyl (C=O) groups is 2. The molecule has 24 heavy (non-hydrogen) atoms. The van der Waals surface area contributed by atoms with Crippen LogP contribution in [0.15, 0.2) is 12.4 Å². The molecule has 0 bridgehead atoms. The van der Waals surface area contributed by atoms with Crippen LogP contribution in [0.3, 0.4) is 0 Å². The van der Waals surface area contributed by atoms with Crippen molar-refractivity contribution in [1.29, 1.82) is 0 Å². The maximum Gasteiger partial charge on any atom is 0.235 e. The minimum Gasteiger partial charge on any atom is -0.341 e. The molecule has 1 aromatic rings. The summed E-state index contributed by atoms with van der Waals surface area (Å²) in [6.45, 7) is 1.84. The fraction of sp³-hybridized carbons (Fsp3) is 0.706. The van der Waals surface area contributed by atoms with E-state index in [1.807, 2.05) is 18.1 Å². The van der Waals surface area contributed by atoms with Crippen molar-refractivity contribution in [2.75, 3.05) is 24.5 Å². The first kappa shape index (κ1) is 15.6. The molecule has 1 aliphatic carbocycles. The average molecular weight is 334 g/mol. The van der Waals surface area contributed by atoms with E-state index in [4.69, 9.17) is 0 Å². The number of alkyl halides is 1. The van der Waals surface area contributed by atoms with Gasteiger partial charge in [0.05, 0.1) is 17.3 Å². The predicted octanol–water partition coefficient (Wildman–Crippen LogP) is 1.51. The number of halogens is 1. The van der Waals surface area contributed by atoms with Gasteiger partial charge in [-0.25, -0.2) is 4.39 Å². The number of nitrogens with zero attached hydrogens (tertiary/aromatic N) is 4. The highest BCUT2D eigenvalue weighted by atomic mass is 19.1. The van der Waals surface area contributed by atoms with Gasteiger partial charge in [0, 0.05) is 38.8 Å². The van der Waals surface area contributed by atoms with Gasteiger partial charge in [0.2, 0.25) is 11.8 Å². The van der Waals surface area contributed by atoms with Gasteiger partial charge in [0.1, 0.15) is 6.17 Å². The fourth-order valence-corrected chi connectivity index (χ4v) is 4.32. The molecule has 0 N–H and O–H groups in total. The Kier molecular flexibility index (Phi) is 3.62. The molecule has 1 atom stereocenters. The number of aromatic nitrogens is 2. The molecule has 2 amide bonds. The predicted molar refractivity (Wildman–Crippen MR) is 86.0 cm³/mol. The summed E-state index contributed by atoms with van der Waals surface area (Å²) >= 11 is 0. The van der Waals surface area contributed by atoms with Gasteiger partial charge in [-0.05, 0) is 32.1 Å². The summed E-state index contributed by atoms with van der Waals surface area (Å²) in [6.07, 6.45) is 5.84. The van der Waals surface area contributed by atoms with Gasteiger partial charge in [-0.15, -0.1) is 0 Å². The molecule has 2 saturated heterocycles. The van der Waals surface area contributed by atoms with Crippen molar-refractivity contribution >= 4 is 17.5 Å². The Balaban J connectivity index is 1.48. The number of amides is 2. The molecule has 3 aliphatic rings. The number of piperidine rings is 1. The molecule has 1 aromatic heterocycles. The van der Waals surface area contributed by atoms with Crippen LogP contribution in [0, 0.1) is 11.3 Å². The van der Waals surface area contributed by atoms with Crippen LogP contribution in [0.1, 0.15) is 32.1 Å². The summed E-state index contributed by atoms with van der Waals surface area (Å²) in [7, 11) is 1.83. The van der Waals surface area contributed by atoms with Crippen LogP contribution in [-0.4, -0.2) is 52.3 Å². The zero-order valence-corrected chi connectivity index (χ0v) is 13.9. The van der Waals surface area contributed by atoms with Crippen molar-refractivity contribution in [1.82, 2.24) is 14.7 Å². The Bertz CT molecular complexity index is 669. The van der Waals surface area contributed by atoms with E-state index in [0.29, 0.717) is 32.5 Å². The van der Waals surface area contributed by atoms with Crippen molar-refractivity contribution in [3.63, 3.8) is 0 Å². The Morgan fingerprint density at radius 1 is 1.33 bits per heavy atom. The molecule has 7 heteroatoms. The second kappa shape index (κ2) is 5.57. The molecule has 6 nitrogen and oxygen atoms in total. The quantitative estimate of drug-likeness (QED) is 0.824. The van der Waals surface area contributed by atoms with Gasteiger partial charge >= 0.3 is 0 Å². The highest BCUT2D eigenvalue weighted by Gasteiger charge is 2.51. The minimum atomic E-state index is -0.827. The maximum absolute atomic E-state index is 13.1. The van der Waals surface area contributed by atoms with E-state index < -0.39 is 11.6 Å². The van der Waals surface area contributed by atoms with Crippen molar-refractivity contribution < 1.29 is 14.0 Å². The van der Waals surface area contributed by atoms with Crippen LogP contribution in [-0.2, 0) is 16.6 Å². The SMILES string of the molecule is Cn1cc(N2CCC3(CCCN(C(=O)C4CC(F)C4)C3)C2=O)cn1. The summed E-state index contributed by atoms with van der Waals surface area (Å²) in [4.78, 5) is 29.2. The molecular weight excluding hydrogens is 311 g/mol. The number of aryl methyl sites for hydroxylation is 1. The average Bonchev–Trinajstić information content (AvgIpc) is 3.09. The van der Waals surface area contributed by atoms with Crippen molar-refractivity contribution in [2.45, 2.75) is 38.3 Å². The monoisotopic (exact) mass is 334 g/mol. The second-order valence-corrected chi connectivity index (χ2v) is 7.49. The summed E-state index contributed by atoms with van der Waals surface area (Å²) in [6, 6.07) is 0. The lowest BCUT2D eigenvalue weighted by Crippen LogP contribution is -2.52. The molecule has 1 unspecified atom stereocenters. The Morgan fingerprint density at radius 2 is 2.12 bits per heavy atom. The lowest BCUT2D eigenvalue weighted by atomic mass is 9.76. The first-order valence-electron chi connectivity index (χ1n) is 8.72. The van der Waals surface area contributed by atoms with E-state index in [-0.39, 0.29) is 17.7 Å². The third kappa shape index (κ3) is 2.41. The Hall–Kier alpha value is -1.92. The Morgan fingerprint density at radius 3 is 2.79 bits per heavy atom. The van der Waals surface area contributed by atoms with E-state index in [1.165, 1.54) is 0 Å².